The second-order valence-corrected chi connectivity index (χ2v) is 7.95. The molecule has 2 N–H and O–H groups in total. The molecule has 1 rings (SSSR count). The largest absolute Gasteiger partial charge is 0.389 e. The van der Waals surface area contributed by atoms with Crippen molar-refractivity contribution in [2.24, 2.45) is 5.92 Å². The smallest absolute Gasteiger partial charge is 0.150 e. The Bertz CT molecular complexity index is 345. The molecule has 1 heterocycles. The van der Waals surface area contributed by atoms with Crippen LogP contribution in [0.5, 0.6) is 0 Å². The van der Waals surface area contributed by atoms with Gasteiger partial charge in [0.2, 0.25) is 0 Å². The summed E-state index contributed by atoms with van der Waals surface area (Å²) >= 11 is 0. The summed E-state index contributed by atoms with van der Waals surface area (Å²) in [6.45, 7) is 4.35. The molecule has 0 aliphatic carbocycles. The third-order valence-electron chi connectivity index (χ3n) is 3.59. The minimum atomic E-state index is -2.80. The predicted octanol–water partition coefficient (Wildman–Crippen LogP) is 0.968. The van der Waals surface area contributed by atoms with Gasteiger partial charge in [-0.1, -0.05) is 26.2 Å². The Morgan fingerprint density at radius 1 is 1.35 bits per heavy atom. The van der Waals surface area contributed by atoms with Crippen molar-refractivity contribution in [3.05, 3.63) is 0 Å². The predicted molar refractivity (Wildman–Crippen MR) is 80.6 cm³/mol. The molecule has 1 fully saturated rings. The zero-order valence-electron chi connectivity index (χ0n) is 12.5. The van der Waals surface area contributed by atoms with Crippen LogP contribution in [0.4, 0.5) is 0 Å². The van der Waals surface area contributed by atoms with E-state index in [1.54, 1.807) is 0 Å². The van der Waals surface area contributed by atoms with E-state index in [2.05, 4.69) is 12.2 Å². The van der Waals surface area contributed by atoms with Crippen molar-refractivity contribution in [2.75, 3.05) is 37.8 Å². The van der Waals surface area contributed by atoms with E-state index in [9.17, 15) is 13.5 Å². The van der Waals surface area contributed by atoms with Crippen LogP contribution in [0.2, 0.25) is 0 Å². The Labute approximate surface area is 123 Å². The number of aliphatic hydroxyl groups excluding tert-OH is 1. The third kappa shape index (κ3) is 8.19. The average molecular weight is 307 g/mol. The first kappa shape index (κ1) is 17.9. The first-order chi connectivity index (χ1) is 9.53. The molecule has 2 atom stereocenters. The SMILES string of the molecule is CCCCCCOCC(O)CNCC1CCS(=O)(=O)C1. The maximum atomic E-state index is 11.3. The number of unbranched alkanes of at least 4 members (excludes halogenated alkanes) is 3. The third-order valence-corrected chi connectivity index (χ3v) is 5.43. The fraction of sp³-hybridized carbons (Fsp3) is 1.00. The molecule has 6 heteroatoms. The van der Waals surface area contributed by atoms with Gasteiger partial charge in [-0.2, -0.15) is 0 Å². The van der Waals surface area contributed by atoms with Crippen LogP contribution in [0.15, 0.2) is 0 Å². The standard InChI is InChI=1S/C14H29NO4S/c1-2-3-4-5-7-19-11-14(16)10-15-9-13-6-8-20(17,18)12-13/h13-16H,2-12H2,1H3. The molecule has 1 saturated heterocycles. The summed E-state index contributed by atoms with van der Waals surface area (Å²) in [6, 6.07) is 0. The molecule has 1 aliphatic heterocycles. The van der Waals surface area contributed by atoms with Crippen LogP contribution < -0.4 is 5.32 Å². The highest BCUT2D eigenvalue weighted by molar-refractivity contribution is 7.91. The zero-order valence-corrected chi connectivity index (χ0v) is 13.3. The summed E-state index contributed by atoms with van der Waals surface area (Å²) < 4.78 is 28.0. The van der Waals surface area contributed by atoms with Crippen LogP contribution in [0, 0.1) is 5.92 Å². The second kappa shape index (κ2) is 9.71. The van der Waals surface area contributed by atoms with Gasteiger partial charge in [0.25, 0.3) is 0 Å². The highest BCUT2D eigenvalue weighted by Crippen LogP contribution is 2.17. The van der Waals surface area contributed by atoms with Gasteiger partial charge in [0.1, 0.15) is 0 Å². The summed E-state index contributed by atoms with van der Waals surface area (Å²) in [5.74, 6) is 0.787. The maximum absolute atomic E-state index is 11.3. The lowest BCUT2D eigenvalue weighted by Crippen LogP contribution is -2.33. The summed E-state index contributed by atoms with van der Waals surface area (Å²) in [6.07, 6.45) is 4.90. The van der Waals surface area contributed by atoms with E-state index in [-0.39, 0.29) is 11.7 Å². The summed E-state index contributed by atoms with van der Waals surface area (Å²) in [7, 11) is -2.80. The van der Waals surface area contributed by atoms with Gasteiger partial charge in [0, 0.05) is 13.2 Å². The second-order valence-electron chi connectivity index (χ2n) is 5.72. The van der Waals surface area contributed by atoms with E-state index < -0.39 is 15.9 Å². The maximum Gasteiger partial charge on any atom is 0.150 e. The monoisotopic (exact) mass is 307 g/mol. The molecule has 0 radical (unpaired) electrons. The first-order valence-electron chi connectivity index (χ1n) is 7.70. The van der Waals surface area contributed by atoms with Crippen molar-refractivity contribution in [2.45, 2.75) is 45.1 Å². The van der Waals surface area contributed by atoms with Crippen LogP contribution in [0.3, 0.4) is 0 Å². The van der Waals surface area contributed by atoms with Crippen molar-refractivity contribution in [1.82, 2.24) is 5.32 Å². The molecule has 0 aromatic rings. The van der Waals surface area contributed by atoms with E-state index in [0.717, 1.165) is 12.8 Å². The van der Waals surface area contributed by atoms with Gasteiger partial charge < -0.3 is 15.2 Å². The lowest BCUT2D eigenvalue weighted by atomic mass is 10.1. The normalized spacial score (nSPS) is 23.0. The summed E-state index contributed by atoms with van der Waals surface area (Å²) in [5.41, 5.74) is 0. The molecule has 20 heavy (non-hydrogen) atoms. The molecular formula is C14H29NO4S. The molecule has 0 aromatic carbocycles. The zero-order chi connectivity index (χ0) is 14.8. The molecule has 0 saturated carbocycles. The lowest BCUT2D eigenvalue weighted by Gasteiger charge is -2.14. The molecular weight excluding hydrogens is 278 g/mol. The van der Waals surface area contributed by atoms with Gasteiger partial charge in [-0.3, -0.25) is 0 Å². The van der Waals surface area contributed by atoms with Gasteiger partial charge >= 0.3 is 0 Å². The van der Waals surface area contributed by atoms with Crippen LogP contribution >= 0.6 is 0 Å². The van der Waals surface area contributed by atoms with E-state index >= 15 is 0 Å². The molecule has 5 nitrogen and oxygen atoms in total. The molecule has 2 unspecified atom stereocenters. The van der Waals surface area contributed by atoms with Crippen LogP contribution in [0.1, 0.15) is 39.0 Å². The fourth-order valence-electron chi connectivity index (χ4n) is 2.40. The van der Waals surface area contributed by atoms with Crippen molar-refractivity contribution in [3.8, 4) is 0 Å². The minimum absolute atomic E-state index is 0.196. The fourth-order valence-corrected chi connectivity index (χ4v) is 4.26. The van der Waals surface area contributed by atoms with Crippen LogP contribution in [-0.2, 0) is 14.6 Å². The Morgan fingerprint density at radius 3 is 2.80 bits per heavy atom. The number of sulfone groups is 1. The quantitative estimate of drug-likeness (QED) is 0.556. The Morgan fingerprint density at radius 2 is 2.15 bits per heavy atom. The number of hydrogen-bond donors (Lipinski definition) is 2. The van der Waals surface area contributed by atoms with Crippen molar-refractivity contribution in [3.63, 3.8) is 0 Å². The number of aliphatic hydroxyl groups is 1. The van der Waals surface area contributed by atoms with Gasteiger partial charge in [-0.25, -0.2) is 8.42 Å². The molecule has 0 bridgehead atoms. The van der Waals surface area contributed by atoms with Crippen LogP contribution in [-0.4, -0.2) is 57.4 Å². The van der Waals surface area contributed by atoms with Gasteiger partial charge in [0.05, 0.1) is 24.2 Å². The van der Waals surface area contributed by atoms with Crippen molar-refractivity contribution < 1.29 is 18.3 Å². The van der Waals surface area contributed by atoms with Crippen molar-refractivity contribution >= 4 is 9.84 Å². The lowest BCUT2D eigenvalue weighted by molar-refractivity contribution is 0.0352. The van der Waals surface area contributed by atoms with Gasteiger partial charge in [-0.15, -0.1) is 0 Å². The molecule has 120 valence electrons. The highest BCUT2D eigenvalue weighted by Gasteiger charge is 2.27. The molecule has 0 spiro atoms. The van der Waals surface area contributed by atoms with Gasteiger partial charge in [-0.05, 0) is 25.3 Å². The topological polar surface area (TPSA) is 75.6 Å². The molecule has 0 aromatic heterocycles. The minimum Gasteiger partial charge on any atom is -0.389 e. The van der Waals surface area contributed by atoms with Crippen molar-refractivity contribution in [1.29, 1.82) is 0 Å². The number of hydrogen-bond acceptors (Lipinski definition) is 5. The summed E-state index contributed by atoms with van der Waals surface area (Å²) in [5, 5.41) is 12.9. The van der Waals surface area contributed by atoms with E-state index in [4.69, 9.17) is 4.74 Å². The van der Waals surface area contributed by atoms with E-state index in [1.165, 1.54) is 19.3 Å². The Hall–Kier alpha value is -0.170. The van der Waals surface area contributed by atoms with E-state index in [1.807, 2.05) is 0 Å². The highest BCUT2D eigenvalue weighted by atomic mass is 32.2. The number of ether oxygens (including phenoxy) is 1. The van der Waals surface area contributed by atoms with Gasteiger partial charge in [0.15, 0.2) is 9.84 Å². The van der Waals surface area contributed by atoms with Crippen LogP contribution in [0.25, 0.3) is 0 Å². The number of nitrogens with one attached hydrogen (secondary N) is 1. The Balaban J connectivity index is 1.94. The first-order valence-corrected chi connectivity index (χ1v) is 9.52. The Kier molecular flexibility index (Phi) is 8.68. The summed E-state index contributed by atoms with van der Waals surface area (Å²) in [4.78, 5) is 0. The molecule has 0 amide bonds. The average Bonchev–Trinajstić information content (AvgIpc) is 2.73. The number of rotatable bonds is 11. The molecule has 1 aliphatic rings. The van der Waals surface area contributed by atoms with E-state index in [0.29, 0.717) is 32.1 Å².